The van der Waals surface area contributed by atoms with Crippen LogP contribution in [0.1, 0.15) is 156 Å². The van der Waals surface area contributed by atoms with Gasteiger partial charge >= 0.3 is 0 Å². The Bertz CT molecular complexity index is 4680. The van der Waals surface area contributed by atoms with E-state index in [0.717, 1.165) is 57.6 Å². The number of hydrogen-bond donors (Lipinski definition) is 0. The van der Waals surface area contributed by atoms with E-state index in [0.29, 0.717) is 23.7 Å². The molecule has 0 aliphatic carbocycles. The average Bonchev–Trinajstić information content (AvgIpc) is 0.797. The Morgan fingerprint density at radius 2 is 0.681 bits per heavy atom. The number of rotatable bonds is 10. The maximum absolute atomic E-state index is 4.85. The van der Waals surface area contributed by atoms with Gasteiger partial charge in [0, 0.05) is 36.7 Å². The van der Waals surface area contributed by atoms with Crippen LogP contribution in [0, 0.1) is 94.9 Å². The molecule has 6 aromatic carbocycles. The minimum absolute atomic E-state index is 0.457. The summed E-state index contributed by atoms with van der Waals surface area (Å²) in [5.41, 5.74) is 38.9. The van der Waals surface area contributed by atoms with Gasteiger partial charge in [-0.05, 0) is 211 Å². The van der Waals surface area contributed by atoms with E-state index in [2.05, 4.69) is 302 Å². The highest BCUT2D eigenvalue weighted by molar-refractivity contribution is 5.79. The van der Waals surface area contributed by atoms with Gasteiger partial charge < -0.3 is 0 Å². The Labute approximate surface area is 561 Å². The highest BCUT2D eigenvalue weighted by Crippen LogP contribution is 2.32. The number of aryl methyl sites for hydroxylation is 12. The summed E-state index contributed by atoms with van der Waals surface area (Å²) < 4.78 is 8.99. The van der Waals surface area contributed by atoms with E-state index >= 15 is 0 Å². The predicted octanol–water partition coefficient (Wildman–Crippen LogP) is 18.0. The molecule has 0 unspecified atom stereocenters. The zero-order chi connectivity index (χ0) is 68.3. The Morgan fingerprint density at radius 1 is 0.330 bits per heavy atom. The molecule has 12 aromatic rings. The molecule has 0 saturated heterocycles. The van der Waals surface area contributed by atoms with Crippen LogP contribution in [0.3, 0.4) is 0 Å². The summed E-state index contributed by atoms with van der Waals surface area (Å²) in [6.07, 6.45) is 13.9. The molecule has 6 aromatic heterocycles. The number of aromatic nitrogens is 10. The summed E-state index contributed by atoms with van der Waals surface area (Å²) in [5.74, 6) is 2.18. The largest absolute Gasteiger partial charge is 0.251 e. The fourth-order valence-corrected chi connectivity index (χ4v) is 13.2. The van der Waals surface area contributed by atoms with Gasteiger partial charge in [-0.1, -0.05) is 126 Å². The van der Waals surface area contributed by atoms with Gasteiger partial charge in [-0.3, -0.25) is 0 Å². The number of pyridine rings is 2. The van der Waals surface area contributed by atoms with Gasteiger partial charge in [0.2, 0.25) is 45.1 Å². The van der Waals surface area contributed by atoms with Crippen LogP contribution < -0.4 is 18.3 Å². The van der Waals surface area contributed by atoms with Crippen LogP contribution in [0.2, 0.25) is 0 Å². The molecule has 0 atom stereocenters. The monoisotopic (exact) mass is 1250 g/mol. The van der Waals surface area contributed by atoms with Crippen molar-refractivity contribution in [3.63, 3.8) is 0 Å². The number of fused-ring (bicyclic) bond motifs is 4. The topological polar surface area (TPSA) is 92.9 Å². The van der Waals surface area contributed by atoms with Gasteiger partial charge in [0.05, 0.1) is 22.3 Å². The first-order chi connectivity index (χ1) is 44.5. The van der Waals surface area contributed by atoms with Crippen molar-refractivity contribution in [3.8, 4) is 45.0 Å². The Hall–Kier alpha value is -9.02. The van der Waals surface area contributed by atoms with Gasteiger partial charge in [-0.2, -0.15) is 18.3 Å². The smallest absolute Gasteiger partial charge is 0.243 e. The lowest BCUT2D eigenvalue weighted by molar-refractivity contribution is -0.634. The van der Waals surface area contributed by atoms with Crippen LogP contribution in [0.15, 0.2) is 134 Å². The molecule has 0 radical (unpaired) electrons. The van der Waals surface area contributed by atoms with E-state index in [1.54, 1.807) is 0 Å². The summed E-state index contributed by atoms with van der Waals surface area (Å²) in [4.78, 5) is 27.9. The predicted molar refractivity (Wildman–Crippen MR) is 391 cm³/mol. The quantitative estimate of drug-likeness (QED) is 0.127. The molecule has 0 aliphatic heterocycles. The first-order valence-corrected chi connectivity index (χ1v) is 33.7. The molecule has 10 heteroatoms. The third-order valence-electron chi connectivity index (χ3n) is 19.0. The molecule has 484 valence electrons. The minimum Gasteiger partial charge on any atom is -0.243 e. The third kappa shape index (κ3) is 15.0. The van der Waals surface area contributed by atoms with Gasteiger partial charge in [0.15, 0.2) is 0 Å². The van der Waals surface area contributed by atoms with Crippen molar-refractivity contribution in [3.05, 3.63) is 223 Å². The van der Waals surface area contributed by atoms with Crippen molar-refractivity contribution in [1.82, 2.24) is 29.9 Å². The van der Waals surface area contributed by atoms with Gasteiger partial charge in [-0.15, -0.1) is 0 Å². The molecule has 10 nitrogen and oxygen atoms in total. The highest BCUT2D eigenvalue weighted by Gasteiger charge is 2.25. The van der Waals surface area contributed by atoms with E-state index in [9.17, 15) is 0 Å². The van der Waals surface area contributed by atoms with Crippen LogP contribution in [0.4, 0.5) is 0 Å². The number of benzene rings is 6. The maximum atomic E-state index is 4.85. The Kier molecular flexibility index (Phi) is 21.5. The van der Waals surface area contributed by atoms with Gasteiger partial charge in [0.25, 0.3) is 11.0 Å². The van der Waals surface area contributed by atoms with Crippen LogP contribution >= 0.6 is 0 Å². The van der Waals surface area contributed by atoms with Crippen molar-refractivity contribution >= 4 is 44.4 Å². The molecule has 0 aliphatic rings. The van der Waals surface area contributed by atoms with Crippen LogP contribution in [0.5, 0.6) is 0 Å². The SMILES string of the molecule is Cc1cc(C)c(C)c(-c2cnc3c(C(C)C)cccc3[n+]2C)c1.Cc1cc(C)c(C)c(-c2cnc3c(CC(C)C)cccc3[n+]2C)c1.Cc1cc(C)c(C)c(-c2cnc3ncc(C(C)C)cc3[n+]2C)c1.Cc1cc(C)c(C)c(-c2cnc3ncc(CC(C)C)cc3[n+]2C)c1. The molecule has 0 N–H and O–H groups in total. The van der Waals surface area contributed by atoms with Crippen LogP contribution in [-0.2, 0) is 41.0 Å². The van der Waals surface area contributed by atoms with Crippen LogP contribution in [-0.4, -0.2) is 29.9 Å². The summed E-state index contributed by atoms with van der Waals surface area (Å²) in [7, 11) is 8.50. The molecular formula is C84H102N10+4. The summed E-state index contributed by atoms with van der Waals surface area (Å²) >= 11 is 0. The van der Waals surface area contributed by atoms with Crippen LogP contribution in [0.25, 0.3) is 89.4 Å². The highest BCUT2D eigenvalue weighted by atomic mass is 15.0. The lowest BCUT2D eigenvalue weighted by Crippen LogP contribution is -2.33. The lowest BCUT2D eigenvalue weighted by atomic mass is 9.97. The normalized spacial score (nSPS) is 11.4. The number of nitrogens with zero attached hydrogens (tertiary/aromatic N) is 10. The second-order valence-corrected chi connectivity index (χ2v) is 28.1. The molecule has 0 amide bonds. The zero-order valence-corrected chi connectivity index (χ0v) is 60.9. The van der Waals surface area contributed by atoms with Gasteiger partial charge in [0.1, 0.15) is 64.0 Å². The van der Waals surface area contributed by atoms with E-state index in [-0.39, 0.29) is 0 Å². The maximum Gasteiger partial charge on any atom is 0.251 e. The molecule has 6 heterocycles. The minimum atomic E-state index is 0.457. The van der Waals surface area contributed by atoms with Crippen molar-refractivity contribution < 1.29 is 18.3 Å². The standard InChI is InChI=1S/C22H27N2.C21H26N3.C21H25N2.C20H24N3/c1-14(2)10-18-8-7-9-20-22(18)23-13-21(24(20)6)19-12-15(3)11-16(4)17(19)5;1-13(2)7-17-10-19-21(22-11-17)23-12-20(24(19)6)18-9-14(3)8-15(4)16(18)5;1-13(2)17-8-7-9-19-21(17)22-12-20(23(19)6)18-11-14(3)10-15(4)16(18)5;1-12(2)16-9-18-20(21-10-16)22-11-19(23(18)6)17-8-13(3)7-14(4)15(17)5/h7-9,11-14H,10H2,1-6H3;8-13H,7H2,1-6H3;7-13H,1-6H3;7-12H,1-6H3/q4*+1. The van der Waals surface area contributed by atoms with E-state index in [4.69, 9.17) is 9.97 Å². The molecule has 0 spiro atoms. The molecular weight excluding hydrogens is 1150 g/mol. The fourth-order valence-electron chi connectivity index (χ4n) is 13.2. The molecule has 0 saturated carbocycles. The summed E-state index contributed by atoms with van der Waals surface area (Å²) in [6, 6.07) is 35.4. The van der Waals surface area contributed by atoms with Crippen molar-refractivity contribution in [1.29, 1.82) is 0 Å². The first-order valence-electron chi connectivity index (χ1n) is 33.7. The summed E-state index contributed by atoms with van der Waals surface area (Å²) in [5, 5.41) is 0. The van der Waals surface area contributed by atoms with Gasteiger partial charge in [-0.25, -0.2) is 29.9 Å². The van der Waals surface area contributed by atoms with E-state index in [1.807, 2.05) is 37.2 Å². The molecule has 0 bridgehead atoms. The van der Waals surface area contributed by atoms with Crippen molar-refractivity contribution in [2.45, 2.75) is 163 Å². The number of para-hydroxylation sites is 2. The zero-order valence-electron chi connectivity index (χ0n) is 60.9. The molecule has 94 heavy (non-hydrogen) atoms. The van der Waals surface area contributed by atoms with Crippen molar-refractivity contribution in [2.75, 3.05) is 0 Å². The number of hydrogen-bond acceptors (Lipinski definition) is 6. The Balaban J connectivity index is 0.000000148. The second-order valence-electron chi connectivity index (χ2n) is 28.1. The third-order valence-corrected chi connectivity index (χ3v) is 19.0. The second kappa shape index (κ2) is 29.1. The van der Waals surface area contributed by atoms with Crippen molar-refractivity contribution in [2.24, 2.45) is 40.0 Å². The van der Waals surface area contributed by atoms with E-state index < -0.39 is 0 Å². The average molecular weight is 1250 g/mol. The first kappa shape index (κ1) is 69.3. The summed E-state index contributed by atoms with van der Waals surface area (Å²) in [6.45, 7) is 43.8. The fraction of sp³-hybridized carbons (Fsp3) is 0.357. The molecule has 12 rings (SSSR count). The lowest BCUT2D eigenvalue weighted by Gasteiger charge is -2.12. The Morgan fingerprint density at radius 3 is 1.09 bits per heavy atom. The molecule has 0 fully saturated rings. The van der Waals surface area contributed by atoms with E-state index in [1.165, 1.54) is 134 Å².